The van der Waals surface area contributed by atoms with Crippen LogP contribution in [0.4, 0.5) is 0 Å². The molecule has 2 unspecified atom stereocenters. The summed E-state index contributed by atoms with van der Waals surface area (Å²) in [6.45, 7) is 8.39. The third-order valence-corrected chi connectivity index (χ3v) is 4.82. The highest BCUT2D eigenvalue weighted by Crippen LogP contribution is 2.14. The van der Waals surface area contributed by atoms with Crippen molar-refractivity contribution < 1.29 is 0 Å². The first-order valence-corrected chi connectivity index (χ1v) is 9.17. The SMILES string of the molecule is CCC1CN(CCCCCCSC)C(CC)CN1. The second-order valence-electron chi connectivity index (χ2n) is 5.48. The van der Waals surface area contributed by atoms with Gasteiger partial charge in [0.25, 0.3) is 0 Å². The molecule has 1 aliphatic rings. The van der Waals surface area contributed by atoms with E-state index >= 15 is 0 Å². The molecule has 0 spiro atoms. The molecule has 0 aromatic heterocycles. The Kier molecular flexibility index (Phi) is 9.16. The van der Waals surface area contributed by atoms with Crippen molar-refractivity contribution in [1.29, 1.82) is 0 Å². The Morgan fingerprint density at radius 3 is 2.56 bits per heavy atom. The van der Waals surface area contributed by atoms with E-state index < -0.39 is 0 Å². The molecule has 0 aliphatic carbocycles. The Hall–Kier alpha value is 0.270. The number of nitrogens with one attached hydrogen (secondary N) is 1. The highest BCUT2D eigenvalue weighted by atomic mass is 32.2. The molecule has 1 N–H and O–H groups in total. The van der Waals surface area contributed by atoms with E-state index in [4.69, 9.17) is 0 Å². The minimum absolute atomic E-state index is 0.726. The monoisotopic (exact) mass is 272 g/mol. The third-order valence-electron chi connectivity index (χ3n) is 4.12. The molecule has 1 saturated heterocycles. The first-order chi connectivity index (χ1) is 8.81. The van der Waals surface area contributed by atoms with Crippen LogP contribution in [-0.2, 0) is 0 Å². The molecule has 1 rings (SSSR count). The third kappa shape index (κ3) is 5.94. The Bertz CT molecular complexity index is 199. The lowest BCUT2D eigenvalue weighted by Gasteiger charge is -2.40. The predicted octanol–water partition coefficient (Wildman–Crippen LogP) is 3.37. The van der Waals surface area contributed by atoms with Crippen molar-refractivity contribution in [3.05, 3.63) is 0 Å². The van der Waals surface area contributed by atoms with Gasteiger partial charge in [-0.15, -0.1) is 0 Å². The van der Waals surface area contributed by atoms with Crippen LogP contribution < -0.4 is 5.32 Å². The first-order valence-electron chi connectivity index (χ1n) is 7.78. The van der Waals surface area contributed by atoms with Crippen LogP contribution in [0.3, 0.4) is 0 Å². The molecule has 1 fully saturated rings. The van der Waals surface area contributed by atoms with E-state index in [0.717, 1.165) is 12.1 Å². The van der Waals surface area contributed by atoms with Crippen molar-refractivity contribution in [1.82, 2.24) is 10.2 Å². The van der Waals surface area contributed by atoms with Gasteiger partial charge in [-0.05, 0) is 44.2 Å². The van der Waals surface area contributed by atoms with Gasteiger partial charge in [0.05, 0.1) is 0 Å². The fraction of sp³-hybridized carbons (Fsp3) is 1.00. The molecule has 0 amide bonds. The Morgan fingerprint density at radius 2 is 1.89 bits per heavy atom. The Morgan fingerprint density at radius 1 is 1.11 bits per heavy atom. The Labute approximate surface area is 118 Å². The summed E-state index contributed by atoms with van der Waals surface area (Å²) in [6.07, 6.45) is 10.4. The smallest absolute Gasteiger partial charge is 0.0218 e. The lowest BCUT2D eigenvalue weighted by molar-refractivity contribution is 0.122. The molecule has 108 valence electrons. The molecular formula is C15H32N2S. The second kappa shape index (κ2) is 10.1. The molecule has 0 bridgehead atoms. The summed E-state index contributed by atoms with van der Waals surface area (Å²) >= 11 is 1.98. The molecule has 2 nitrogen and oxygen atoms in total. The van der Waals surface area contributed by atoms with Crippen molar-refractivity contribution in [2.75, 3.05) is 31.6 Å². The van der Waals surface area contributed by atoms with E-state index in [1.165, 1.54) is 63.9 Å². The zero-order chi connectivity index (χ0) is 13.2. The van der Waals surface area contributed by atoms with Crippen LogP contribution in [0.25, 0.3) is 0 Å². The van der Waals surface area contributed by atoms with E-state index in [9.17, 15) is 0 Å². The molecule has 1 aliphatic heterocycles. The maximum atomic E-state index is 3.67. The summed E-state index contributed by atoms with van der Waals surface area (Å²) in [7, 11) is 0. The zero-order valence-corrected chi connectivity index (χ0v) is 13.4. The van der Waals surface area contributed by atoms with Gasteiger partial charge in [0, 0.05) is 25.2 Å². The molecular weight excluding hydrogens is 240 g/mol. The normalized spacial score (nSPS) is 25.5. The molecule has 0 radical (unpaired) electrons. The molecule has 0 aromatic carbocycles. The summed E-state index contributed by atoms with van der Waals surface area (Å²) < 4.78 is 0. The van der Waals surface area contributed by atoms with Crippen molar-refractivity contribution in [3.63, 3.8) is 0 Å². The average molecular weight is 273 g/mol. The minimum atomic E-state index is 0.726. The highest BCUT2D eigenvalue weighted by molar-refractivity contribution is 7.98. The predicted molar refractivity (Wildman–Crippen MR) is 84.6 cm³/mol. The summed E-state index contributed by atoms with van der Waals surface area (Å²) in [4.78, 5) is 2.74. The number of rotatable bonds is 9. The van der Waals surface area contributed by atoms with E-state index in [1.54, 1.807) is 0 Å². The van der Waals surface area contributed by atoms with Gasteiger partial charge in [-0.25, -0.2) is 0 Å². The average Bonchev–Trinajstić information content (AvgIpc) is 2.42. The van der Waals surface area contributed by atoms with Crippen molar-refractivity contribution >= 4 is 11.8 Å². The number of piperazine rings is 1. The van der Waals surface area contributed by atoms with E-state index in [2.05, 4.69) is 30.3 Å². The van der Waals surface area contributed by atoms with Crippen LogP contribution in [0.2, 0.25) is 0 Å². The fourth-order valence-corrected chi connectivity index (χ4v) is 3.29. The number of hydrogen-bond donors (Lipinski definition) is 1. The largest absolute Gasteiger partial charge is 0.311 e. The van der Waals surface area contributed by atoms with Crippen LogP contribution in [0, 0.1) is 0 Å². The molecule has 2 atom stereocenters. The Balaban J connectivity index is 2.16. The van der Waals surface area contributed by atoms with E-state index in [0.29, 0.717) is 0 Å². The highest BCUT2D eigenvalue weighted by Gasteiger charge is 2.24. The number of unbranched alkanes of at least 4 members (excludes halogenated alkanes) is 3. The lowest BCUT2D eigenvalue weighted by atomic mass is 10.0. The van der Waals surface area contributed by atoms with Crippen molar-refractivity contribution in [3.8, 4) is 0 Å². The van der Waals surface area contributed by atoms with Gasteiger partial charge in [0.1, 0.15) is 0 Å². The maximum Gasteiger partial charge on any atom is 0.0218 e. The molecule has 0 saturated carbocycles. The molecule has 0 aromatic rings. The number of hydrogen-bond acceptors (Lipinski definition) is 3. The molecule has 18 heavy (non-hydrogen) atoms. The van der Waals surface area contributed by atoms with Gasteiger partial charge in [0.15, 0.2) is 0 Å². The van der Waals surface area contributed by atoms with Crippen LogP contribution in [0.15, 0.2) is 0 Å². The van der Waals surface area contributed by atoms with Gasteiger partial charge < -0.3 is 5.32 Å². The number of nitrogens with zero attached hydrogens (tertiary/aromatic N) is 1. The van der Waals surface area contributed by atoms with Crippen molar-refractivity contribution in [2.45, 2.75) is 64.5 Å². The summed E-state index contributed by atoms with van der Waals surface area (Å²) in [5.41, 5.74) is 0. The molecule has 1 heterocycles. The topological polar surface area (TPSA) is 15.3 Å². The maximum absolute atomic E-state index is 3.67. The van der Waals surface area contributed by atoms with Gasteiger partial charge in [-0.1, -0.05) is 26.7 Å². The lowest BCUT2D eigenvalue weighted by Crippen LogP contribution is -2.56. The summed E-state index contributed by atoms with van der Waals surface area (Å²) in [5.74, 6) is 1.34. The van der Waals surface area contributed by atoms with Gasteiger partial charge >= 0.3 is 0 Å². The first kappa shape index (κ1) is 16.3. The van der Waals surface area contributed by atoms with Crippen LogP contribution in [0.5, 0.6) is 0 Å². The fourth-order valence-electron chi connectivity index (χ4n) is 2.79. The quantitative estimate of drug-likeness (QED) is 0.648. The van der Waals surface area contributed by atoms with Crippen LogP contribution in [-0.4, -0.2) is 48.6 Å². The van der Waals surface area contributed by atoms with Gasteiger partial charge in [0.2, 0.25) is 0 Å². The van der Waals surface area contributed by atoms with Gasteiger partial charge in [-0.3, -0.25) is 4.90 Å². The zero-order valence-electron chi connectivity index (χ0n) is 12.6. The summed E-state index contributed by atoms with van der Waals surface area (Å²) in [5, 5.41) is 3.67. The second-order valence-corrected chi connectivity index (χ2v) is 6.46. The molecule has 3 heteroatoms. The van der Waals surface area contributed by atoms with E-state index in [1.807, 2.05) is 11.8 Å². The minimum Gasteiger partial charge on any atom is -0.311 e. The van der Waals surface area contributed by atoms with E-state index in [-0.39, 0.29) is 0 Å². The van der Waals surface area contributed by atoms with Crippen LogP contribution in [0.1, 0.15) is 52.4 Å². The van der Waals surface area contributed by atoms with Crippen molar-refractivity contribution in [2.24, 2.45) is 0 Å². The van der Waals surface area contributed by atoms with Crippen LogP contribution >= 0.6 is 11.8 Å². The standard InChI is InChI=1S/C15H32N2S/c1-4-14-13-17(15(5-2)12-16-14)10-8-6-7-9-11-18-3/h14-16H,4-13H2,1-3H3. The number of thioether (sulfide) groups is 1. The summed E-state index contributed by atoms with van der Waals surface area (Å²) in [6, 6.07) is 1.50. The van der Waals surface area contributed by atoms with Gasteiger partial charge in [-0.2, -0.15) is 11.8 Å².